The van der Waals surface area contributed by atoms with E-state index in [2.05, 4.69) is 13.8 Å². The highest BCUT2D eigenvalue weighted by Gasteiger charge is 2.06. The first kappa shape index (κ1) is 20.5. The predicted molar refractivity (Wildman–Crippen MR) is 91.7 cm³/mol. The van der Waals surface area contributed by atoms with Crippen molar-refractivity contribution in [1.82, 2.24) is 0 Å². The third kappa shape index (κ3) is 15.7. The van der Waals surface area contributed by atoms with E-state index in [1.165, 1.54) is 77.0 Å². The molecule has 0 aromatic rings. The maximum atomic E-state index is 10.4. The van der Waals surface area contributed by atoms with Gasteiger partial charge >= 0.3 is 5.97 Å². The van der Waals surface area contributed by atoms with Crippen LogP contribution in [0.25, 0.3) is 0 Å². The van der Waals surface area contributed by atoms with E-state index in [4.69, 9.17) is 5.11 Å². The van der Waals surface area contributed by atoms with E-state index in [9.17, 15) is 4.79 Å². The van der Waals surface area contributed by atoms with E-state index in [1.54, 1.807) is 0 Å². The normalized spacial score (nSPS) is 12.5. The van der Waals surface area contributed by atoms with E-state index in [-0.39, 0.29) is 0 Å². The van der Waals surface area contributed by atoms with Crippen LogP contribution in [0.3, 0.4) is 0 Å². The van der Waals surface area contributed by atoms with E-state index in [0.29, 0.717) is 6.42 Å². The van der Waals surface area contributed by atoms with Gasteiger partial charge in [0.25, 0.3) is 0 Å². The summed E-state index contributed by atoms with van der Waals surface area (Å²) in [5, 5.41) is 8.58. The minimum atomic E-state index is -0.652. The highest BCUT2D eigenvalue weighted by atomic mass is 16.4. The number of rotatable bonds is 16. The van der Waals surface area contributed by atoms with Gasteiger partial charge in [-0.3, -0.25) is 4.79 Å². The quantitative estimate of drug-likeness (QED) is 0.327. The average Bonchev–Trinajstić information content (AvgIpc) is 2.47. The molecule has 0 aliphatic rings. The number of unbranched alkanes of at least 4 members (excludes halogenated alkanes) is 9. The minimum absolute atomic E-state index is 0.342. The van der Waals surface area contributed by atoms with Gasteiger partial charge in [0, 0.05) is 6.42 Å². The molecule has 21 heavy (non-hydrogen) atoms. The molecule has 0 saturated heterocycles. The summed E-state index contributed by atoms with van der Waals surface area (Å²) in [7, 11) is 0. The van der Waals surface area contributed by atoms with Crippen molar-refractivity contribution in [3.05, 3.63) is 0 Å². The molecule has 0 fully saturated rings. The lowest BCUT2D eigenvalue weighted by molar-refractivity contribution is -0.137. The summed E-state index contributed by atoms with van der Waals surface area (Å²) in [6.07, 6.45) is 18.7. The second kappa shape index (κ2) is 15.9. The third-order valence-electron chi connectivity index (χ3n) is 4.55. The lowest BCUT2D eigenvalue weighted by atomic mass is 9.92. The Morgan fingerprint density at radius 1 is 0.762 bits per heavy atom. The maximum absolute atomic E-state index is 10.4. The van der Waals surface area contributed by atoms with Crippen LogP contribution in [0.5, 0.6) is 0 Å². The summed E-state index contributed by atoms with van der Waals surface area (Å²) in [4.78, 5) is 10.4. The van der Waals surface area contributed by atoms with Crippen LogP contribution in [0.2, 0.25) is 0 Å². The Morgan fingerprint density at radius 2 is 1.24 bits per heavy atom. The van der Waals surface area contributed by atoms with Gasteiger partial charge in [0.1, 0.15) is 0 Å². The summed E-state index contributed by atoms with van der Waals surface area (Å²) >= 11 is 0. The number of carbonyl (C=O) groups is 1. The Kier molecular flexibility index (Phi) is 15.5. The van der Waals surface area contributed by atoms with Crippen molar-refractivity contribution < 1.29 is 9.90 Å². The molecule has 0 saturated carbocycles. The van der Waals surface area contributed by atoms with Gasteiger partial charge < -0.3 is 5.11 Å². The second-order valence-electron chi connectivity index (χ2n) is 6.53. The number of hydrogen-bond donors (Lipinski definition) is 1. The van der Waals surface area contributed by atoms with Crippen LogP contribution in [-0.4, -0.2) is 11.1 Å². The van der Waals surface area contributed by atoms with Crippen LogP contribution in [0.15, 0.2) is 0 Å². The topological polar surface area (TPSA) is 37.3 Å². The van der Waals surface area contributed by atoms with Crippen LogP contribution in [0.4, 0.5) is 0 Å². The van der Waals surface area contributed by atoms with Crippen molar-refractivity contribution in [3.8, 4) is 0 Å². The molecule has 0 bridgehead atoms. The minimum Gasteiger partial charge on any atom is -0.481 e. The summed E-state index contributed by atoms with van der Waals surface area (Å²) in [6.45, 7) is 4.59. The first-order chi connectivity index (χ1) is 10.2. The monoisotopic (exact) mass is 298 g/mol. The molecular weight excluding hydrogens is 260 g/mol. The van der Waals surface area contributed by atoms with Gasteiger partial charge in [-0.05, 0) is 12.3 Å². The van der Waals surface area contributed by atoms with Crippen molar-refractivity contribution in [2.45, 2.75) is 110 Å². The Hall–Kier alpha value is -0.530. The van der Waals surface area contributed by atoms with Crippen LogP contribution in [-0.2, 0) is 4.79 Å². The zero-order chi connectivity index (χ0) is 15.8. The van der Waals surface area contributed by atoms with Crippen LogP contribution < -0.4 is 0 Å². The van der Waals surface area contributed by atoms with Gasteiger partial charge in [0.2, 0.25) is 0 Å². The van der Waals surface area contributed by atoms with Crippen molar-refractivity contribution in [2.75, 3.05) is 0 Å². The van der Waals surface area contributed by atoms with Crippen molar-refractivity contribution in [3.63, 3.8) is 0 Å². The molecule has 0 aromatic carbocycles. The van der Waals surface area contributed by atoms with Crippen LogP contribution in [0.1, 0.15) is 110 Å². The van der Waals surface area contributed by atoms with Crippen LogP contribution >= 0.6 is 0 Å². The molecule has 0 radical (unpaired) electrons. The average molecular weight is 299 g/mol. The molecule has 0 spiro atoms. The van der Waals surface area contributed by atoms with E-state index in [0.717, 1.165) is 18.8 Å². The lowest BCUT2D eigenvalue weighted by Crippen LogP contribution is -1.99. The second-order valence-corrected chi connectivity index (χ2v) is 6.53. The molecule has 1 N–H and O–H groups in total. The van der Waals surface area contributed by atoms with Crippen LogP contribution in [0, 0.1) is 5.92 Å². The molecule has 0 aliphatic carbocycles. The van der Waals surface area contributed by atoms with Gasteiger partial charge in [-0.2, -0.15) is 0 Å². The van der Waals surface area contributed by atoms with Gasteiger partial charge in [0.15, 0.2) is 0 Å². The Balaban J connectivity index is 3.35. The summed E-state index contributed by atoms with van der Waals surface area (Å²) < 4.78 is 0. The molecule has 2 heteroatoms. The molecule has 0 amide bonds. The largest absolute Gasteiger partial charge is 0.481 e. The zero-order valence-electron chi connectivity index (χ0n) is 14.5. The first-order valence-electron chi connectivity index (χ1n) is 9.42. The van der Waals surface area contributed by atoms with E-state index in [1.807, 2.05) is 0 Å². The smallest absolute Gasteiger partial charge is 0.303 e. The summed E-state index contributed by atoms with van der Waals surface area (Å²) in [6, 6.07) is 0. The fraction of sp³-hybridized carbons (Fsp3) is 0.947. The molecule has 0 aromatic heterocycles. The first-order valence-corrected chi connectivity index (χ1v) is 9.42. The SMILES string of the molecule is CCCCCCCCCC(CC)CCCCCCC(=O)O. The summed E-state index contributed by atoms with van der Waals surface area (Å²) in [5.41, 5.74) is 0. The highest BCUT2D eigenvalue weighted by Crippen LogP contribution is 2.21. The van der Waals surface area contributed by atoms with Gasteiger partial charge in [0.05, 0.1) is 0 Å². The lowest BCUT2D eigenvalue weighted by Gasteiger charge is -2.14. The molecule has 1 atom stereocenters. The number of hydrogen-bond acceptors (Lipinski definition) is 1. The van der Waals surface area contributed by atoms with E-state index < -0.39 is 5.97 Å². The molecule has 0 heterocycles. The standard InChI is InChI=1S/C19H38O2/c1-3-5-6-7-8-9-12-15-18(4-2)16-13-10-11-14-17-19(20)21/h18H,3-17H2,1-2H3,(H,20,21). The van der Waals surface area contributed by atoms with Gasteiger partial charge in [-0.25, -0.2) is 0 Å². The fourth-order valence-electron chi connectivity index (χ4n) is 3.01. The number of carboxylic acids is 1. The Bertz CT molecular complexity index is 226. The molecule has 126 valence electrons. The fourth-order valence-corrected chi connectivity index (χ4v) is 3.01. The molecule has 2 nitrogen and oxygen atoms in total. The Morgan fingerprint density at radius 3 is 1.71 bits per heavy atom. The zero-order valence-corrected chi connectivity index (χ0v) is 14.5. The predicted octanol–water partition coefficient (Wildman–Crippen LogP) is 6.58. The Labute approximate surface area is 132 Å². The van der Waals surface area contributed by atoms with Gasteiger partial charge in [-0.15, -0.1) is 0 Å². The van der Waals surface area contributed by atoms with Crippen molar-refractivity contribution in [2.24, 2.45) is 5.92 Å². The number of aliphatic carboxylic acids is 1. The number of carboxylic acid groups (broad SMARTS) is 1. The maximum Gasteiger partial charge on any atom is 0.303 e. The van der Waals surface area contributed by atoms with Crippen molar-refractivity contribution in [1.29, 1.82) is 0 Å². The highest BCUT2D eigenvalue weighted by molar-refractivity contribution is 5.66. The van der Waals surface area contributed by atoms with Gasteiger partial charge in [-0.1, -0.05) is 97.3 Å². The molecule has 1 unspecified atom stereocenters. The van der Waals surface area contributed by atoms with Crippen molar-refractivity contribution >= 4 is 5.97 Å². The van der Waals surface area contributed by atoms with E-state index >= 15 is 0 Å². The molecule has 0 aliphatic heterocycles. The molecular formula is C19H38O2. The summed E-state index contributed by atoms with van der Waals surface area (Å²) in [5.74, 6) is 0.250. The molecule has 0 rings (SSSR count). The third-order valence-corrected chi connectivity index (χ3v) is 4.55.